The number of nitrogens with one attached hydrogen (secondary N) is 1. The van der Waals surface area contributed by atoms with Gasteiger partial charge in [-0.1, -0.05) is 0 Å². The van der Waals surface area contributed by atoms with Crippen LogP contribution in [-0.2, 0) is 6.54 Å². The number of aryl methyl sites for hydroxylation is 1. The van der Waals surface area contributed by atoms with E-state index in [1.807, 2.05) is 0 Å². The third kappa shape index (κ3) is 2.68. The van der Waals surface area contributed by atoms with Crippen molar-refractivity contribution in [2.75, 3.05) is 0 Å². The Balaban J connectivity index is 1.83. The van der Waals surface area contributed by atoms with Gasteiger partial charge in [-0.2, -0.15) is 0 Å². The van der Waals surface area contributed by atoms with Crippen molar-refractivity contribution in [3.8, 4) is 11.3 Å². The van der Waals surface area contributed by atoms with Gasteiger partial charge < -0.3 is 9.73 Å². The summed E-state index contributed by atoms with van der Waals surface area (Å²) in [5.74, 6) is 0.215. The maximum Gasteiger partial charge on any atom is 0.137 e. The highest BCUT2D eigenvalue weighted by atomic mass is 19.1. The first-order chi connectivity index (χ1) is 9.13. The van der Waals surface area contributed by atoms with Crippen LogP contribution < -0.4 is 5.32 Å². The minimum Gasteiger partial charge on any atom is -0.460 e. The molecule has 1 aromatic carbocycles. The molecule has 1 aliphatic carbocycles. The van der Waals surface area contributed by atoms with E-state index >= 15 is 0 Å². The van der Waals surface area contributed by atoms with Gasteiger partial charge in [0.1, 0.15) is 23.2 Å². The number of hydrogen-bond acceptors (Lipinski definition) is 2. The van der Waals surface area contributed by atoms with Crippen LogP contribution in [0.15, 0.2) is 28.7 Å². The molecule has 0 spiro atoms. The minimum atomic E-state index is -0.463. The summed E-state index contributed by atoms with van der Waals surface area (Å²) in [6.07, 6.45) is 2.40. The molecule has 1 N–H and O–H groups in total. The summed E-state index contributed by atoms with van der Waals surface area (Å²) in [7, 11) is 0. The highest BCUT2D eigenvalue weighted by molar-refractivity contribution is 5.59. The third-order valence-electron chi connectivity index (χ3n) is 3.32. The van der Waals surface area contributed by atoms with Gasteiger partial charge in [-0.3, -0.25) is 0 Å². The molecule has 0 amide bonds. The molecule has 0 atom stereocenters. The van der Waals surface area contributed by atoms with Crippen LogP contribution in [0.4, 0.5) is 8.78 Å². The maximum absolute atomic E-state index is 13.8. The lowest BCUT2D eigenvalue weighted by atomic mass is 10.1. The molecule has 1 aromatic heterocycles. The van der Waals surface area contributed by atoms with Crippen LogP contribution in [0.2, 0.25) is 0 Å². The van der Waals surface area contributed by atoms with Gasteiger partial charge in [-0.05, 0) is 49.6 Å². The van der Waals surface area contributed by atoms with Crippen LogP contribution in [0.1, 0.15) is 24.2 Å². The van der Waals surface area contributed by atoms with Gasteiger partial charge in [0.05, 0.1) is 12.1 Å². The van der Waals surface area contributed by atoms with Gasteiger partial charge in [-0.25, -0.2) is 8.78 Å². The fourth-order valence-corrected chi connectivity index (χ4v) is 1.99. The van der Waals surface area contributed by atoms with Gasteiger partial charge in [0.2, 0.25) is 0 Å². The lowest BCUT2D eigenvalue weighted by Crippen LogP contribution is -2.14. The van der Waals surface area contributed by atoms with Crippen LogP contribution in [0.5, 0.6) is 0 Å². The Hall–Kier alpha value is -1.68. The molecule has 0 aliphatic heterocycles. The van der Waals surface area contributed by atoms with Crippen molar-refractivity contribution in [2.45, 2.75) is 32.4 Å². The van der Waals surface area contributed by atoms with Crippen LogP contribution in [-0.4, -0.2) is 6.04 Å². The van der Waals surface area contributed by atoms with Crippen molar-refractivity contribution in [3.63, 3.8) is 0 Å². The van der Waals surface area contributed by atoms with Gasteiger partial charge >= 0.3 is 0 Å². The summed E-state index contributed by atoms with van der Waals surface area (Å²) in [6, 6.07) is 6.43. The number of rotatable bonds is 4. The second kappa shape index (κ2) is 4.78. The average Bonchev–Trinajstić information content (AvgIpc) is 3.09. The van der Waals surface area contributed by atoms with Crippen LogP contribution in [0, 0.1) is 18.6 Å². The minimum absolute atomic E-state index is 0.167. The molecule has 0 radical (unpaired) electrons. The third-order valence-corrected chi connectivity index (χ3v) is 3.32. The Morgan fingerprint density at radius 2 is 2.00 bits per heavy atom. The lowest BCUT2D eigenvalue weighted by molar-refractivity contribution is 0.488. The first-order valence-electron chi connectivity index (χ1n) is 6.41. The van der Waals surface area contributed by atoms with Crippen molar-refractivity contribution >= 4 is 0 Å². The molecule has 3 rings (SSSR count). The van der Waals surface area contributed by atoms with Gasteiger partial charge in [0.15, 0.2) is 0 Å². The second-order valence-corrected chi connectivity index (χ2v) is 5.00. The summed E-state index contributed by atoms with van der Waals surface area (Å²) in [5.41, 5.74) is 0.462. The number of furan rings is 1. The lowest BCUT2D eigenvalue weighted by Gasteiger charge is -2.03. The van der Waals surface area contributed by atoms with Crippen molar-refractivity contribution in [1.82, 2.24) is 5.32 Å². The zero-order chi connectivity index (χ0) is 13.4. The first-order valence-corrected chi connectivity index (χ1v) is 6.41. The molecule has 0 bridgehead atoms. The van der Waals surface area contributed by atoms with E-state index in [9.17, 15) is 8.78 Å². The Kier molecular flexibility index (Phi) is 3.11. The van der Waals surface area contributed by atoms with Crippen LogP contribution in [0.25, 0.3) is 11.3 Å². The van der Waals surface area contributed by atoms with Gasteiger partial charge in [0.25, 0.3) is 0 Å². The maximum atomic E-state index is 13.8. The SMILES string of the molecule is Cc1cc(F)c(-c2ccc(CNC3CC3)o2)cc1F. The Bertz CT molecular complexity index is 602. The van der Waals surface area contributed by atoms with Gasteiger partial charge in [0, 0.05) is 6.04 Å². The topological polar surface area (TPSA) is 25.2 Å². The monoisotopic (exact) mass is 263 g/mol. The van der Waals surface area contributed by atoms with E-state index in [2.05, 4.69) is 5.32 Å². The quantitative estimate of drug-likeness (QED) is 0.908. The molecule has 1 fully saturated rings. The Morgan fingerprint density at radius 3 is 2.74 bits per heavy atom. The molecule has 1 aliphatic rings. The first kappa shape index (κ1) is 12.4. The molecule has 1 heterocycles. The second-order valence-electron chi connectivity index (χ2n) is 5.00. The Morgan fingerprint density at radius 1 is 1.21 bits per heavy atom. The van der Waals surface area contributed by atoms with Crippen molar-refractivity contribution in [1.29, 1.82) is 0 Å². The molecule has 100 valence electrons. The van der Waals surface area contributed by atoms with E-state index in [1.54, 1.807) is 12.1 Å². The van der Waals surface area contributed by atoms with Crippen molar-refractivity contribution in [2.24, 2.45) is 0 Å². The van der Waals surface area contributed by atoms with E-state index in [0.717, 1.165) is 5.76 Å². The molecular formula is C15H15F2NO. The molecule has 0 unspecified atom stereocenters. The highest BCUT2D eigenvalue weighted by Crippen LogP contribution is 2.27. The van der Waals surface area contributed by atoms with Gasteiger partial charge in [-0.15, -0.1) is 0 Å². The largest absolute Gasteiger partial charge is 0.460 e. The number of halogens is 2. The standard InChI is InChI=1S/C15H15F2NO/c1-9-6-14(17)12(7-13(9)16)15-5-4-11(19-15)8-18-10-2-3-10/h4-7,10,18H,2-3,8H2,1H3. The summed E-state index contributed by atoms with van der Waals surface area (Å²) >= 11 is 0. The van der Waals surface area contributed by atoms with Crippen molar-refractivity contribution < 1.29 is 13.2 Å². The predicted octanol–water partition coefficient (Wildman–Crippen LogP) is 3.79. The molecular weight excluding hydrogens is 248 g/mol. The van der Waals surface area contributed by atoms with Crippen molar-refractivity contribution in [3.05, 3.63) is 47.2 Å². The molecule has 2 aromatic rings. The smallest absolute Gasteiger partial charge is 0.137 e. The molecule has 1 saturated carbocycles. The zero-order valence-electron chi connectivity index (χ0n) is 10.7. The number of benzene rings is 1. The summed E-state index contributed by atoms with van der Waals surface area (Å²) < 4.78 is 32.9. The molecule has 0 saturated heterocycles. The summed E-state index contributed by atoms with van der Waals surface area (Å²) in [4.78, 5) is 0. The molecule has 19 heavy (non-hydrogen) atoms. The number of hydrogen-bond donors (Lipinski definition) is 1. The fraction of sp³-hybridized carbons (Fsp3) is 0.333. The fourth-order valence-electron chi connectivity index (χ4n) is 1.99. The predicted molar refractivity (Wildman–Crippen MR) is 68.7 cm³/mol. The van der Waals surface area contributed by atoms with E-state index in [-0.39, 0.29) is 5.56 Å². The Labute approximate surface area is 110 Å². The van der Waals surface area contributed by atoms with Crippen LogP contribution in [0.3, 0.4) is 0 Å². The van der Waals surface area contributed by atoms with E-state index in [4.69, 9.17) is 4.42 Å². The molecule has 2 nitrogen and oxygen atoms in total. The zero-order valence-corrected chi connectivity index (χ0v) is 10.7. The highest BCUT2D eigenvalue weighted by Gasteiger charge is 2.21. The van der Waals surface area contributed by atoms with E-state index in [1.165, 1.54) is 31.9 Å². The van der Waals surface area contributed by atoms with E-state index in [0.29, 0.717) is 23.9 Å². The molecule has 4 heteroatoms. The van der Waals surface area contributed by atoms with Crippen LogP contribution >= 0.6 is 0 Å². The summed E-state index contributed by atoms with van der Waals surface area (Å²) in [5, 5.41) is 3.31. The van der Waals surface area contributed by atoms with E-state index < -0.39 is 11.6 Å². The normalized spacial score (nSPS) is 14.9. The average molecular weight is 263 g/mol. The summed E-state index contributed by atoms with van der Waals surface area (Å²) in [6.45, 7) is 2.16.